The zero-order valence-electron chi connectivity index (χ0n) is 10.3. The lowest BCUT2D eigenvalue weighted by atomic mass is 10.1. The van der Waals surface area contributed by atoms with Crippen molar-refractivity contribution in [2.75, 3.05) is 6.61 Å². The molecule has 2 aromatic rings. The Hall–Kier alpha value is -1.92. The van der Waals surface area contributed by atoms with Gasteiger partial charge in [-0.25, -0.2) is 13.9 Å². The van der Waals surface area contributed by atoms with Gasteiger partial charge in [0.25, 0.3) is 0 Å². The van der Waals surface area contributed by atoms with Gasteiger partial charge in [-0.2, -0.15) is 5.10 Å². The van der Waals surface area contributed by atoms with Crippen LogP contribution in [0.15, 0.2) is 18.2 Å². The van der Waals surface area contributed by atoms with E-state index in [1.807, 2.05) is 0 Å². The summed E-state index contributed by atoms with van der Waals surface area (Å²) in [5.74, 6) is -1.63. The molecule has 1 aromatic carbocycles. The van der Waals surface area contributed by atoms with Gasteiger partial charge >= 0.3 is 5.97 Å². The van der Waals surface area contributed by atoms with Crippen LogP contribution in [0.2, 0.25) is 5.02 Å². The summed E-state index contributed by atoms with van der Waals surface area (Å²) in [6.45, 7) is 0.667. The normalized spacial score (nSPS) is 14.1. The fraction of sp³-hybridized carbons (Fsp3) is 0.231. The molecule has 0 saturated heterocycles. The SMILES string of the molecule is O=C(O)c1nn(-c2cc(F)cc(Cl)c2)c2c1COCC2. The summed E-state index contributed by atoms with van der Waals surface area (Å²) in [7, 11) is 0. The van der Waals surface area contributed by atoms with Gasteiger partial charge in [-0.15, -0.1) is 0 Å². The van der Waals surface area contributed by atoms with E-state index in [0.717, 1.165) is 5.69 Å². The van der Waals surface area contributed by atoms with Crippen molar-refractivity contribution in [1.29, 1.82) is 0 Å². The fourth-order valence-corrected chi connectivity index (χ4v) is 2.50. The molecule has 7 heteroatoms. The number of benzene rings is 1. The molecule has 1 N–H and O–H groups in total. The average molecular weight is 297 g/mol. The summed E-state index contributed by atoms with van der Waals surface area (Å²) in [5, 5.41) is 13.5. The molecule has 1 aliphatic heterocycles. The molecule has 3 rings (SSSR count). The minimum absolute atomic E-state index is 0.0694. The quantitative estimate of drug-likeness (QED) is 0.924. The number of hydrogen-bond acceptors (Lipinski definition) is 3. The third kappa shape index (κ3) is 2.17. The van der Waals surface area contributed by atoms with Crippen molar-refractivity contribution in [2.24, 2.45) is 0 Å². The number of carboxylic acids is 1. The van der Waals surface area contributed by atoms with Crippen LogP contribution in [-0.2, 0) is 17.8 Å². The summed E-state index contributed by atoms with van der Waals surface area (Å²) in [6.07, 6.45) is 0.518. The fourth-order valence-electron chi connectivity index (χ4n) is 2.28. The molecule has 0 radical (unpaired) electrons. The summed E-state index contributed by atoms with van der Waals surface area (Å²) in [5.41, 5.74) is 1.58. The first-order valence-corrected chi connectivity index (χ1v) is 6.32. The van der Waals surface area contributed by atoms with Crippen molar-refractivity contribution < 1.29 is 19.0 Å². The molecular formula is C13H10ClFN2O3. The van der Waals surface area contributed by atoms with Crippen molar-refractivity contribution in [3.63, 3.8) is 0 Å². The lowest BCUT2D eigenvalue weighted by molar-refractivity contribution is 0.0677. The summed E-state index contributed by atoms with van der Waals surface area (Å²) >= 11 is 5.83. The van der Waals surface area contributed by atoms with Crippen LogP contribution in [0.3, 0.4) is 0 Å². The number of fused-ring (bicyclic) bond motifs is 1. The number of hydrogen-bond donors (Lipinski definition) is 1. The van der Waals surface area contributed by atoms with Crippen molar-refractivity contribution in [3.05, 3.63) is 46.0 Å². The van der Waals surface area contributed by atoms with Crippen LogP contribution in [-0.4, -0.2) is 27.5 Å². The second-order valence-electron chi connectivity index (χ2n) is 4.42. The number of ether oxygens (including phenoxy) is 1. The minimum Gasteiger partial charge on any atom is -0.476 e. The lowest BCUT2D eigenvalue weighted by Gasteiger charge is -2.15. The van der Waals surface area contributed by atoms with E-state index in [9.17, 15) is 14.3 Å². The molecular weight excluding hydrogens is 287 g/mol. The predicted octanol–water partition coefficient (Wildman–Crippen LogP) is 2.44. The number of carbonyl (C=O) groups is 1. The molecule has 0 unspecified atom stereocenters. The van der Waals surface area contributed by atoms with Crippen molar-refractivity contribution in [2.45, 2.75) is 13.0 Å². The maximum absolute atomic E-state index is 13.4. The van der Waals surface area contributed by atoms with Crippen molar-refractivity contribution in [1.82, 2.24) is 9.78 Å². The Morgan fingerprint density at radius 3 is 2.95 bits per heavy atom. The molecule has 2 heterocycles. The first-order chi connectivity index (χ1) is 9.56. The van der Waals surface area contributed by atoms with Gasteiger partial charge in [0.05, 0.1) is 24.6 Å². The largest absolute Gasteiger partial charge is 0.476 e. The van der Waals surface area contributed by atoms with E-state index in [-0.39, 0.29) is 17.3 Å². The van der Waals surface area contributed by atoms with Crippen LogP contribution in [0.4, 0.5) is 4.39 Å². The topological polar surface area (TPSA) is 64.3 Å². The van der Waals surface area contributed by atoms with Crippen LogP contribution in [0.25, 0.3) is 5.69 Å². The highest BCUT2D eigenvalue weighted by atomic mass is 35.5. The Morgan fingerprint density at radius 1 is 1.45 bits per heavy atom. The molecule has 0 spiro atoms. The van der Waals surface area contributed by atoms with Crippen LogP contribution in [0.1, 0.15) is 21.7 Å². The van der Waals surface area contributed by atoms with Gasteiger partial charge in [-0.1, -0.05) is 11.6 Å². The molecule has 0 fully saturated rings. The number of aromatic nitrogens is 2. The molecule has 1 aliphatic rings. The molecule has 0 aliphatic carbocycles. The molecule has 1 aromatic heterocycles. The van der Waals surface area contributed by atoms with Crippen LogP contribution >= 0.6 is 11.6 Å². The summed E-state index contributed by atoms with van der Waals surface area (Å²) in [4.78, 5) is 11.2. The lowest BCUT2D eigenvalue weighted by Crippen LogP contribution is -2.13. The maximum Gasteiger partial charge on any atom is 0.356 e. The van der Waals surface area contributed by atoms with Gasteiger partial charge in [-0.3, -0.25) is 0 Å². The van der Waals surface area contributed by atoms with Gasteiger partial charge in [-0.05, 0) is 18.2 Å². The van der Waals surface area contributed by atoms with Crippen LogP contribution in [0, 0.1) is 5.82 Å². The van der Waals surface area contributed by atoms with E-state index in [1.54, 1.807) is 6.07 Å². The molecule has 0 bridgehead atoms. The number of rotatable bonds is 2. The third-order valence-corrected chi connectivity index (χ3v) is 3.33. The molecule has 0 amide bonds. The van der Waals surface area contributed by atoms with Gasteiger partial charge in [0.2, 0.25) is 0 Å². The van der Waals surface area contributed by atoms with E-state index in [1.165, 1.54) is 16.8 Å². The average Bonchev–Trinajstić information content (AvgIpc) is 2.77. The standard InChI is InChI=1S/C13H10ClFN2O3/c14-7-3-8(15)5-9(4-7)17-11-1-2-20-6-10(11)12(16-17)13(18)19/h3-5H,1-2,6H2,(H,18,19). The number of aromatic carboxylic acids is 1. The number of carboxylic acid groups (broad SMARTS) is 1. The zero-order valence-corrected chi connectivity index (χ0v) is 11.0. The monoisotopic (exact) mass is 296 g/mol. The molecule has 104 valence electrons. The zero-order chi connectivity index (χ0) is 14.3. The van der Waals surface area contributed by atoms with E-state index >= 15 is 0 Å². The molecule has 5 nitrogen and oxygen atoms in total. The predicted molar refractivity (Wildman–Crippen MR) is 68.9 cm³/mol. The molecule has 0 atom stereocenters. The van der Waals surface area contributed by atoms with Crippen molar-refractivity contribution in [3.8, 4) is 5.69 Å². The maximum atomic E-state index is 13.4. The van der Waals surface area contributed by atoms with Gasteiger partial charge in [0.15, 0.2) is 5.69 Å². The summed E-state index contributed by atoms with van der Waals surface area (Å²) in [6, 6.07) is 3.99. The Labute approximate surface area is 118 Å². The number of halogens is 2. The van der Waals surface area contributed by atoms with Crippen molar-refractivity contribution >= 4 is 17.6 Å². The van der Waals surface area contributed by atoms with Gasteiger partial charge in [0, 0.05) is 17.0 Å². The van der Waals surface area contributed by atoms with Gasteiger partial charge < -0.3 is 9.84 Å². The van der Waals surface area contributed by atoms with E-state index in [4.69, 9.17) is 16.3 Å². The highest BCUT2D eigenvalue weighted by Gasteiger charge is 2.26. The van der Waals surface area contributed by atoms with E-state index in [2.05, 4.69) is 5.10 Å². The summed E-state index contributed by atoms with van der Waals surface area (Å²) < 4.78 is 20.1. The van der Waals surface area contributed by atoms with E-state index < -0.39 is 11.8 Å². The van der Waals surface area contributed by atoms with E-state index in [0.29, 0.717) is 24.3 Å². The smallest absolute Gasteiger partial charge is 0.356 e. The van der Waals surface area contributed by atoms with Crippen LogP contribution < -0.4 is 0 Å². The Morgan fingerprint density at radius 2 is 2.25 bits per heavy atom. The van der Waals surface area contributed by atoms with Gasteiger partial charge in [0.1, 0.15) is 5.82 Å². The second-order valence-corrected chi connectivity index (χ2v) is 4.86. The first-order valence-electron chi connectivity index (χ1n) is 5.94. The third-order valence-electron chi connectivity index (χ3n) is 3.11. The highest BCUT2D eigenvalue weighted by molar-refractivity contribution is 6.30. The molecule has 0 saturated carbocycles. The second kappa shape index (κ2) is 4.88. The number of nitrogens with zero attached hydrogens (tertiary/aromatic N) is 2. The highest BCUT2D eigenvalue weighted by Crippen LogP contribution is 2.26. The first kappa shape index (κ1) is 13.1. The van der Waals surface area contributed by atoms with Crippen LogP contribution in [0.5, 0.6) is 0 Å². The Bertz CT molecular complexity index is 679. The Balaban J connectivity index is 2.20. The Kier molecular flexibility index (Phi) is 3.19. The molecule has 20 heavy (non-hydrogen) atoms. The minimum atomic E-state index is -1.13.